The number of benzene rings is 1. The Hall–Kier alpha value is -1.90. The maximum Gasteiger partial charge on any atom is 0.224 e. The SMILES string of the molecule is C=CC[C@@]12CCC(=O)[C@H](CC(=O)N1Cc1ccccc1)C2. The third-order valence-corrected chi connectivity index (χ3v) is 4.92. The molecule has 1 aromatic rings. The molecule has 1 heterocycles. The van der Waals surface area contributed by atoms with Gasteiger partial charge in [0.1, 0.15) is 5.78 Å². The van der Waals surface area contributed by atoms with Crippen LogP contribution in [-0.2, 0) is 16.1 Å². The van der Waals surface area contributed by atoms with E-state index in [4.69, 9.17) is 0 Å². The minimum atomic E-state index is -0.203. The maximum atomic E-state index is 12.6. The molecule has 0 spiro atoms. The smallest absolute Gasteiger partial charge is 0.224 e. The second-order valence-corrected chi connectivity index (χ2v) is 6.25. The fourth-order valence-corrected chi connectivity index (χ4v) is 3.84. The van der Waals surface area contributed by atoms with Crippen molar-refractivity contribution in [2.24, 2.45) is 5.92 Å². The van der Waals surface area contributed by atoms with Gasteiger partial charge in [-0.1, -0.05) is 36.4 Å². The van der Waals surface area contributed by atoms with Crippen molar-refractivity contribution in [1.82, 2.24) is 4.90 Å². The molecule has 1 aliphatic heterocycles. The van der Waals surface area contributed by atoms with E-state index in [0.29, 0.717) is 19.4 Å². The molecule has 2 aliphatic rings. The average Bonchev–Trinajstić information content (AvgIpc) is 2.49. The van der Waals surface area contributed by atoms with Gasteiger partial charge >= 0.3 is 0 Å². The molecule has 0 radical (unpaired) electrons. The summed E-state index contributed by atoms with van der Waals surface area (Å²) < 4.78 is 0. The van der Waals surface area contributed by atoms with Crippen LogP contribution in [0, 0.1) is 5.92 Å². The minimum absolute atomic E-state index is 0.0711. The van der Waals surface area contributed by atoms with Gasteiger partial charge in [0, 0.05) is 30.8 Å². The van der Waals surface area contributed by atoms with Crippen LogP contribution in [0.15, 0.2) is 43.0 Å². The Kier molecular flexibility index (Phi) is 3.66. The van der Waals surface area contributed by atoms with E-state index in [0.717, 1.165) is 24.8 Å². The molecule has 2 bridgehead atoms. The van der Waals surface area contributed by atoms with Gasteiger partial charge in [-0.05, 0) is 24.8 Å². The van der Waals surface area contributed by atoms with E-state index in [1.54, 1.807) is 0 Å². The molecule has 2 fully saturated rings. The van der Waals surface area contributed by atoms with E-state index in [1.165, 1.54) is 0 Å². The third kappa shape index (κ3) is 2.53. The van der Waals surface area contributed by atoms with E-state index < -0.39 is 0 Å². The fourth-order valence-electron chi connectivity index (χ4n) is 3.84. The van der Waals surface area contributed by atoms with Crippen LogP contribution < -0.4 is 0 Å². The normalized spacial score (nSPS) is 28.6. The molecular formula is C18H21NO2. The zero-order valence-corrected chi connectivity index (χ0v) is 12.3. The number of carbonyl (C=O) groups excluding carboxylic acids is 2. The van der Waals surface area contributed by atoms with Gasteiger partial charge in [-0.2, -0.15) is 0 Å². The number of piperidine rings is 1. The van der Waals surface area contributed by atoms with Crippen LogP contribution in [0.25, 0.3) is 0 Å². The van der Waals surface area contributed by atoms with E-state index in [9.17, 15) is 9.59 Å². The summed E-state index contributed by atoms with van der Waals surface area (Å²) in [7, 11) is 0. The molecule has 3 rings (SSSR count). The summed E-state index contributed by atoms with van der Waals surface area (Å²) >= 11 is 0. The van der Waals surface area contributed by atoms with Crippen LogP contribution in [0.1, 0.15) is 37.7 Å². The molecule has 0 aromatic heterocycles. The van der Waals surface area contributed by atoms with Crippen LogP contribution >= 0.6 is 0 Å². The molecule has 21 heavy (non-hydrogen) atoms. The largest absolute Gasteiger partial charge is 0.332 e. The summed E-state index contributed by atoms with van der Waals surface area (Å²) in [6.45, 7) is 4.49. The second kappa shape index (κ2) is 5.47. The number of hydrogen-bond acceptors (Lipinski definition) is 2. The van der Waals surface area contributed by atoms with Gasteiger partial charge in [-0.15, -0.1) is 6.58 Å². The summed E-state index contributed by atoms with van der Waals surface area (Å²) in [6, 6.07) is 10.1. The van der Waals surface area contributed by atoms with E-state index in [-0.39, 0.29) is 23.1 Å². The van der Waals surface area contributed by atoms with Crippen LogP contribution in [0.3, 0.4) is 0 Å². The van der Waals surface area contributed by atoms with Crippen LogP contribution in [0.2, 0.25) is 0 Å². The van der Waals surface area contributed by atoms with Gasteiger partial charge in [-0.25, -0.2) is 0 Å². The Balaban J connectivity index is 1.91. The molecule has 1 aliphatic carbocycles. The van der Waals surface area contributed by atoms with Crippen molar-refractivity contribution in [3.05, 3.63) is 48.6 Å². The first kappa shape index (κ1) is 14.1. The van der Waals surface area contributed by atoms with Crippen molar-refractivity contribution in [3.8, 4) is 0 Å². The van der Waals surface area contributed by atoms with E-state index in [2.05, 4.69) is 18.7 Å². The minimum Gasteiger partial charge on any atom is -0.332 e. The first-order valence-electron chi connectivity index (χ1n) is 7.63. The standard InChI is InChI=1S/C18H21NO2/c1-2-9-18-10-8-16(20)15(12-18)11-17(21)19(18)13-14-6-4-3-5-7-14/h2-7,15H,1,8-13H2/t15-,18+/m1/s1. The molecule has 3 heteroatoms. The Morgan fingerprint density at radius 1 is 1.29 bits per heavy atom. The van der Waals surface area contributed by atoms with Gasteiger partial charge in [0.05, 0.1) is 0 Å². The Bertz CT molecular complexity index is 566. The number of Topliss-reactive ketones (excluding diaryl/α,β-unsaturated/α-hetero) is 1. The van der Waals surface area contributed by atoms with Crippen LogP contribution in [0.4, 0.5) is 0 Å². The second-order valence-electron chi connectivity index (χ2n) is 6.25. The van der Waals surface area contributed by atoms with Gasteiger partial charge in [-0.3, -0.25) is 9.59 Å². The summed E-state index contributed by atoms with van der Waals surface area (Å²) in [6.07, 6.45) is 5.21. The highest BCUT2D eigenvalue weighted by atomic mass is 16.2. The van der Waals surface area contributed by atoms with Crippen molar-refractivity contribution in [1.29, 1.82) is 0 Å². The summed E-state index contributed by atoms with van der Waals surface area (Å²) in [5.41, 5.74) is 0.940. The molecular weight excluding hydrogens is 262 g/mol. The fraction of sp³-hybridized carbons (Fsp3) is 0.444. The van der Waals surface area contributed by atoms with E-state index in [1.807, 2.05) is 29.2 Å². The highest BCUT2D eigenvalue weighted by Crippen LogP contribution is 2.44. The topological polar surface area (TPSA) is 37.4 Å². The predicted molar refractivity (Wildman–Crippen MR) is 81.5 cm³/mol. The highest BCUT2D eigenvalue weighted by molar-refractivity contribution is 5.90. The number of rotatable bonds is 4. The molecule has 3 nitrogen and oxygen atoms in total. The lowest BCUT2D eigenvalue weighted by atomic mass is 9.68. The van der Waals surface area contributed by atoms with E-state index >= 15 is 0 Å². The first-order chi connectivity index (χ1) is 10.1. The molecule has 2 atom stereocenters. The lowest BCUT2D eigenvalue weighted by Crippen LogP contribution is -2.59. The molecule has 0 unspecified atom stereocenters. The lowest BCUT2D eigenvalue weighted by Gasteiger charge is -2.52. The zero-order valence-electron chi connectivity index (χ0n) is 12.3. The van der Waals surface area contributed by atoms with Crippen molar-refractivity contribution in [2.45, 2.75) is 44.2 Å². The van der Waals surface area contributed by atoms with Gasteiger partial charge < -0.3 is 4.90 Å². The Morgan fingerprint density at radius 2 is 2.05 bits per heavy atom. The van der Waals surface area contributed by atoms with Crippen molar-refractivity contribution < 1.29 is 9.59 Å². The number of fused-ring (bicyclic) bond motifs is 2. The average molecular weight is 283 g/mol. The lowest BCUT2D eigenvalue weighted by molar-refractivity contribution is -0.155. The summed E-state index contributed by atoms with van der Waals surface area (Å²) in [5.74, 6) is 0.311. The Morgan fingerprint density at radius 3 is 2.76 bits per heavy atom. The number of hydrogen-bond donors (Lipinski definition) is 0. The number of nitrogens with zero attached hydrogens (tertiary/aromatic N) is 1. The van der Waals surface area contributed by atoms with Gasteiger partial charge in [0.15, 0.2) is 0 Å². The number of amides is 1. The number of likely N-dealkylation sites (tertiary alicyclic amines) is 1. The molecule has 1 saturated heterocycles. The highest BCUT2D eigenvalue weighted by Gasteiger charge is 2.49. The zero-order chi connectivity index (χ0) is 14.9. The molecule has 1 saturated carbocycles. The number of carbonyl (C=O) groups is 2. The van der Waals surface area contributed by atoms with Crippen LogP contribution in [-0.4, -0.2) is 22.1 Å². The number of ketones is 1. The molecule has 1 aromatic carbocycles. The quantitative estimate of drug-likeness (QED) is 0.796. The molecule has 110 valence electrons. The first-order valence-corrected chi connectivity index (χ1v) is 7.63. The monoisotopic (exact) mass is 283 g/mol. The Labute approximate surface area is 125 Å². The summed E-state index contributed by atoms with van der Waals surface area (Å²) in [4.78, 5) is 26.5. The predicted octanol–water partition coefficient (Wildman–Crippen LogP) is 3.10. The molecule has 1 amide bonds. The maximum absolute atomic E-state index is 12.6. The third-order valence-electron chi connectivity index (χ3n) is 4.92. The van der Waals surface area contributed by atoms with Crippen molar-refractivity contribution in [3.63, 3.8) is 0 Å². The van der Waals surface area contributed by atoms with Crippen LogP contribution in [0.5, 0.6) is 0 Å². The van der Waals surface area contributed by atoms with Crippen molar-refractivity contribution >= 4 is 11.7 Å². The van der Waals surface area contributed by atoms with Gasteiger partial charge in [0.2, 0.25) is 5.91 Å². The van der Waals surface area contributed by atoms with Crippen molar-refractivity contribution in [2.75, 3.05) is 0 Å². The van der Waals surface area contributed by atoms with Gasteiger partial charge in [0.25, 0.3) is 0 Å². The molecule has 0 N–H and O–H groups in total. The summed E-state index contributed by atoms with van der Waals surface area (Å²) in [5, 5.41) is 0.